The maximum Gasteiger partial charge on any atom is 0.330 e. The fraction of sp³-hybridized carbons (Fsp3) is 0.250. The molecule has 90 valence electrons. The smallest absolute Gasteiger partial charge is 0.330 e. The van der Waals surface area contributed by atoms with Crippen molar-refractivity contribution in [3.05, 3.63) is 36.0 Å². The van der Waals surface area contributed by atoms with E-state index >= 15 is 0 Å². The molecule has 1 aromatic rings. The number of hydrogen-bond acceptors (Lipinski definition) is 5. The van der Waals surface area contributed by atoms with E-state index in [9.17, 15) is 9.59 Å². The van der Waals surface area contributed by atoms with Crippen LogP contribution in [-0.4, -0.2) is 30.5 Å². The van der Waals surface area contributed by atoms with Crippen LogP contribution >= 0.6 is 0 Å². The van der Waals surface area contributed by atoms with Gasteiger partial charge in [-0.2, -0.15) is 0 Å². The Morgan fingerprint density at radius 3 is 3.06 bits per heavy atom. The molecule has 0 amide bonds. The molecule has 0 aliphatic carbocycles. The highest BCUT2D eigenvalue weighted by Gasteiger charge is 2.01. The SMILES string of the molecule is CCOC(=O)/C=C/COc1ncccc1C=O. The highest BCUT2D eigenvalue weighted by Crippen LogP contribution is 2.10. The van der Waals surface area contributed by atoms with E-state index in [4.69, 9.17) is 4.74 Å². The van der Waals surface area contributed by atoms with Crippen molar-refractivity contribution in [2.45, 2.75) is 6.92 Å². The molecule has 0 bridgehead atoms. The van der Waals surface area contributed by atoms with Gasteiger partial charge >= 0.3 is 5.97 Å². The lowest BCUT2D eigenvalue weighted by Gasteiger charge is -2.03. The average Bonchev–Trinajstić information content (AvgIpc) is 2.35. The number of nitrogens with zero attached hydrogens (tertiary/aromatic N) is 1. The maximum absolute atomic E-state index is 10.9. The van der Waals surface area contributed by atoms with Crippen LogP contribution in [0.4, 0.5) is 0 Å². The maximum atomic E-state index is 10.9. The molecule has 0 radical (unpaired) electrons. The summed E-state index contributed by atoms with van der Waals surface area (Å²) >= 11 is 0. The lowest BCUT2D eigenvalue weighted by atomic mass is 10.3. The van der Waals surface area contributed by atoms with Crippen LogP contribution < -0.4 is 4.74 Å². The van der Waals surface area contributed by atoms with Crippen molar-refractivity contribution in [2.24, 2.45) is 0 Å². The Morgan fingerprint density at radius 2 is 2.35 bits per heavy atom. The number of aromatic nitrogens is 1. The number of carbonyl (C=O) groups excluding carboxylic acids is 2. The molecule has 5 heteroatoms. The number of aldehydes is 1. The predicted molar refractivity (Wildman–Crippen MR) is 60.9 cm³/mol. The minimum atomic E-state index is -0.423. The lowest BCUT2D eigenvalue weighted by molar-refractivity contribution is -0.137. The molecule has 0 aliphatic rings. The minimum Gasteiger partial charge on any atom is -0.473 e. The van der Waals surface area contributed by atoms with Crippen LogP contribution in [0.1, 0.15) is 17.3 Å². The summed E-state index contributed by atoms with van der Waals surface area (Å²) in [4.78, 5) is 25.5. The van der Waals surface area contributed by atoms with Gasteiger partial charge in [0.2, 0.25) is 5.88 Å². The summed E-state index contributed by atoms with van der Waals surface area (Å²) in [6.07, 6.45) is 4.96. The first-order valence-electron chi connectivity index (χ1n) is 5.14. The molecule has 1 heterocycles. The Balaban J connectivity index is 2.45. The van der Waals surface area contributed by atoms with Gasteiger partial charge in [-0.3, -0.25) is 4.79 Å². The first kappa shape index (κ1) is 12.9. The fourth-order valence-electron chi connectivity index (χ4n) is 1.08. The third kappa shape index (κ3) is 4.46. The molecule has 0 saturated heterocycles. The molecule has 0 spiro atoms. The van der Waals surface area contributed by atoms with Crippen molar-refractivity contribution in [2.75, 3.05) is 13.2 Å². The second-order valence-corrected chi connectivity index (χ2v) is 2.98. The molecule has 1 aromatic heterocycles. The molecule has 0 saturated carbocycles. The largest absolute Gasteiger partial charge is 0.473 e. The lowest BCUT2D eigenvalue weighted by Crippen LogP contribution is -2.02. The van der Waals surface area contributed by atoms with E-state index in [1.54, 1.807) is 19.1 Å². The Labute approximate surface area is 99.1 Å². The van der Waals surface area contributed by atoms with Gasteiger partial charge in [0.05, 0.1) is 12.2 Å². The van der Waals surface area contributed by atoms with Crippen molar-refractivity contribution in [1.82, 2.24) is 4.98 Å². The number of ether oxygens (including phenoxy) is 2. The van der Waals surface area contributed by atoms with Gasteiger partial charge in [0, 0.05) is 12.3 Å². The summed E-state index contributed by atoms with van der Waals surface area (Å²) in [5.74, 6) is -0.177. The van der Waals surface area contributed by atoms with Gasteiger partial charge in [-0.15, -0.1) is 0 Å². The van der Waals surface area contributed by atoms with Crippen molar-refractivity contribution in [3.63, 3.8) is 0 Å². The third-order valence-corrected chi connectivity index (χ3v) is 1.78. The molecule has 17 heavy (non-hydrogen) atoms. The van der Waals surface area contributed by atoms with E-state index in [-0.39, 0.29) is 12.5 Å². The highest BCUT2D eigenvalue weighted by molar-refractivity contribution is 5.81. The molecule has 0 atom stereocenters. The Hall–Kier alpha value is -2.17. The van der Waals surface area contributed by atoms with Crippen molar-refractivity contribution in [3.8, 4) is 5.88 Å². The van der Waals surface area contributed by atoms with Crippen LogP contribution in [0.25, 0.3) is 0 Å². The fourth-order valence-corrected chi connectivity index (χ4v) is 1.08. The van der Waals surface area contributed by atoms with E-state index in [2.05, 4.69) is 9.72 Å². The number of carbonyl (C=O) groups is 2. The molecule has 0 aromatic carbocycles. The summed E-state index contributed by atoms with van der Waals surface area (Å²) in [7, 11) is 0. The second-order valence-electron chi connectivity index (χ2n) is 2.98. The predicted octanol–water partition coefficient (Wildman–Crippen LogP) is 1.39. The van der Waals surface area contributed by atoms with E-state index in [1.165, 1.54) is 18.3 Å². The first-order valence-corrected chi connectivity index (χ1v) is 5.14. The Bertz CT molecular complexity index is 415. The number of hydrogen-bond donors (Lipinski definition) is 0. The summed E-state index contributed by atoms with van der Waals surface area (Å²) in [5, 5.41) is 0. The number of esters is 1. The summed E-state index contributed by atoms with van der Waals surface area (Å²) in [5.41, 5.74) is 0.372. The van der Waals surface area contributed by atoms with Gasteiger partial charge in [0.1, 0.15) is 6.61 Å². The van der Waals surface area contributed by atoms with Crippen molar-refractivity contribution < 1.29 is 19.1 Å². The normalized spacial score (nSPS) is 10.2. The summed E-state index contributed by atoms with van der Waals surface area (Å²) < 4.78 is 9.91. The minimum absolute atomic E-state index is 0.149. The molecule has 0 unspecified atom stereocenters. The van der Waals surface area contributed by atoms with Gasteiger partial charge in [-0.05, 0) is 25.1 Å². The van der Waals surface area contributed by atoms with Crippen LogP contribution in [0, 0.1) is 0 Å². The van der Waals surface area contributed by atoms with Crippen molar-refractivity contribution in [1.29, 1.82) is 0 Å². The van der Waals surface area contributed by atoms with Gasteiger partial charge in [0.15, 0.2) is 6.29 Å². The zero-order valence-electron chi connectivity index (χ0n) is 9.46. The average molecular weight is 235 g/mol. The molecular weight excluding hydrogens is 222 g/mol. The van der Waals surface area contributed by atoms with Gasteiger partial charge in [-0.1, -0.05) is 0 Å². The number of pyridine rings is 1. The molecule has 0 N–H and O–H groups in total. The zero-order chi connectivity index (χ0) is 12.5. The molecule has 1 rings (SSSR count). The topological polar surface area (TPSA) is 65.5 Å². The first-order chi connectivity index (χ1) is 8.27. The van der Waals surface area contributed by atoms with Gasteiger partial charge < -0.3 is 9.47 Å². The summed E-state index contributed by atoms with van der Waals surface area (Å²) in [6, 6.07) is 3.25. The van der Waals surface area contributed by atoms with E-state index in [0.717, 1.165) is 0 Å². The van der Waals surface area contributed by atoms with Gasteiger partial charge in [-0.25, -0.2) is 9.78 Å². The summed E-state index contributed by atoms with van der Waals surface area (Å²) in [6.45, 7) is 2.21. The van der Waals surface area contributed by atoms with E-state index in [1.807, 2.05) is 0 Å². The quantitative estimate of drug-likeness (QED) is 0.423. The van der Waals surface area contributed by atoms with E-state index < -0.39 is 5.97 Å². The van der Waals surface area contributed by atoms with Crippen LogP contribution in [0.5, 0.6) is 5.88 Å². The van der Waals surface area contributed by atoms with Crippen molar-refractivity contribution >= 4 is 12.3 Å². The van der Waals surface area contributed by atoms with Crippen LogP contribution in [0.15, 0.2) is 30.5 Å². The molecular formula is C12H13NO4. The molecule has 0 aliphatic heterocycles. The van der Waals surface area contributed by atoms with Crippen LogP contribution in [0.3, 0.4) is 0 Å². The van der Waals surface area contributed by atoms with Gasteiger partial charge in [0.25, 0.3) is 0 Å². The Morgan fingerprint density at radius 1 is 1.53 bits per heavy atom. The Kier molecular flexibility index (Phi) is 5.43. The zero-order valence-corrected chi connectivity index (χ0v) is 9.46. The molecule has 5 nitrogen and oxygen atoms in total. The third-order valence-electron chi connectivity index (χ3n) is 1.78. The monoisotopic (exact) mass is 235 g/mol. The number of rotatable bonds is 6. The molecule has 0 fully saturated rings. The van der Waals surface area contributed by atoms with Crippen LogP contribution in [-0.2, 0) is 9.53 Å². The standard InChI is InChI=1S/C12H13NO4/c1-2-16-11(15)6-4-8-17-12-10(9-14)5-3-7-13-12/h3-7,9H,2,8H2,1H3/b6-4+. The van der Waals surface area contributed by atoms with E-state index in [0.29, 0.717) is 18.5 Å². The second kappa shape index (κ2) is 7.16. The van der Waals surface area contributed by atoms with Crippen LogP contribution in [0.2, 0.25) is 0 Å². The highest BCUT2D eigenvalue weighted by atomic mass is 16.5.